The molecule has 0 bridgehead atoms. The number of ether oxygens (including phenoxy) is 1. The molecule has 1 heterocycles. The van der Waals surface area contributed by atoms with Gasteiger partial charge in [0.15, 0.2) is 0 Å². The Morgan fingerprint density at radius 1 is 1.47 bits per heavy atom. The summed E-state index contributed by atoms with van der Waals surface area (Å²) in [6, 6.07) is -0.223. The molecular formula is C10H19NO5S. The first kappa shape index (κ1) is 14.4. The van der Waals surface area contributed by atoms with Crippen LogP contribution in [0.25, 0.3) is 0 Å². The molecule has 0 radical (unpaired) electrons. The molecular weight excluding hydrogens is 246 g/mol. The average molecular weight is 265 g/mol. The summed E-state index contributed by atoms with van der Waals surface area (Å²) in [6.07, 6.45) is 1.18. The first-order chi connectivity index (χ1) is 7.85. The molecule has 0 saturated carbocycles. The maximum absolute atomic E-state index is 11.1. The number of rotatable bonds is 6. The molecule has 0 amide bonds. The van der Waals surface area contributed by atoms with Crippen LogP contribution in [-0.4, -0.2) is 68.7 Å². The first-order valence-corrected chi connectivity index (χ1v) is 7.63. The predicted octanol–water partition coefficient (Wildman–Crippen LogP) is -0.547. The van der Waals surface area contributed by atoms with Crippen LogP contribution in [0.3, 0.4) is 0 Å². The number of hydrogen-bond donors (Lipinski definition) is 1. The minimum Gasteiger partial charge on any atom is -0.481 e. The fourth-order valence-electron chi connectivity index (χ4n) is 1.98. The van der Waals surface area contributed by atoms with Crippen molar-refractivity contribution in [3.63, 3.8) is 0 Å². The van der Waals surface area contributed by atoms with Gasteiger partial charge in [-0.05, 0) is 6.54 Å². The van der Waals surface area contributed by atoms with Gasteiger partial charge in [-0.3, -0.25) is 9.69 Å². The molecule has 1 N–H and O–H groups in total. The number of likely N-dealkylation sites (N-methyl/N-ethyl adjacent to an activating group) is 1. The minimum atomic E-state index is -3.03. The molecule has 0 aromatic heterocycles. The van der Waals surface area contributed by atoms with Crippen molar-refractivity contribution in [1.29, 1.82) is 0 Å². The Morgan fingerprint density at radius 3 is 2.59 bits per heavy atom. The summed E-state index contributed by atoms with van der Waals surface area (Å²) in [6.45, 7) is 3.42. The molecule has 1 saturated heterocycles. The standard InChI is InChI=1S/C10H19NO5S/c1-3-11(4-5-17(2,14)15)9-7-16-6-8(9)10(12)13/h8-9H,3-7H2,1-2H3,(H,12,13). The lowest BCUT2D eigenvalue weighted by Gasteiger charge is -2.28. The zero-order valence-electron chi connectivity index (χ0n) is 10.1. The van der Waals surface area contributed by atoms with Gasteiger partial charge in [-0.25, -0.2) is 8.42 Å². The normalized spacial score (nSPS) is 25.4. The Hall–Kier alpha value is -0.660. The Morgan fingerprint density at radius 2 is 2.12 bits per heavy atom. The molecule has 1 rings (SSSR count). The van der Waals surface area contributed by atoms with Gasteiger partial charge in [0, 0.05) is 18.8 Å². The lowest BCUT2D eigenvalue weighted by atomic mass is 10.0. The number of carboxylic acid groups (broad SMARTS) is 1. The smallest absolute Gasteiger partial charge is 0.310 e. The summed E-state index contributed by atoms with van der Waals surface area (Å²) in [4.78, 5) is 12.9. The average Bonchev–Trinajstić information content (AvgIpc) is 2.66. The van der Waals surface area contributed by atoms with Crippen molar-refractivity contribution in [3.05, 3.63) is 0 Å². The van der Waals surface area contributed by atoms with Crippen molar-refractivity contribution >= 4 is 15.8 Å². The SMILES string of the molecule is CCN(CCS(C)(=O)=O)C1COCC1C(=O)O. The third-order valence-electron chi connectivity index (χ3n) is 2.99. The largest absolute Gasteiger partial charge is 0.481 e. The Balaban J connectivity index is 2.63. The molecule has 0 aromatic carbocycles. The minimum absolute atomic E-state index is 0.0453. The Bertz CT molecular complexity index is 367. The molecule has 100 valence electrons. The van der Waals surface area contributed by atoms with Crippen molar-refractivity contribution in [2.45, 2.75) is 13.0 Å². The zero-order chi connectivity index (χ0) is 13.1. The van der Waals surface area contributed by atoms with E-state index in [1.807, 2.05) is 11.8 Å². The van der Waals surface area contributed by atoms with Crippen LogP contribution in [0.4, 0.5) is 0 Å². The predicted molar refractivity (Wildman–Crippen MR) is 62.7 cm³/mol. The van der Waals surface area contributed by atoms with Gasteiger partial charge in [0.2, 0.25) is 0 Å². The first-order valence-electron chi connectivity index (χ1n) is 5.57. The summed E-state index contributed by atoms with van der Waals surface area (Å²) in [5, 5.41) is 9.03. The lowest BCUT2D eigenvalue weighted by molar-refractivity contribution is -0.143. The van der Waals surface area contributed by atoms with Gasteiger partial charge in [0.1, 0.15) is 9.84 Å². The molecule has 1 aliphatic heterocycles. The Kier molecular flexibility index (Phi) is 4.91. The van der Waals surface area contributed by atoms with Crippen molar-refractivity contribution in [3.8, 4) is 0 Å². The van der Waals surface area contributed by atoms with Gasteiger partial charge in [-0.1, -0.05) is 6.92 Å². The van der Waals surface area contributed by atoms with Gasteiger partial charge in [0.25, 0.3) is 0 Å². The summed E-state index contributed by atoms with van der Waals surface area (Å²) < 4.78 is 27.4. The van der Waals surface area contributed by atoms with Crippen LogP contribution in [-0.2, 0) is 19.4 Å². The number of sulfone groups is 1. The van der Waals surface area contributed by atoms with Crippen molar-refractivity contribution < 1.29 is 23.1 Å². The topological polar surface area (TPSA) is 83.9 Å². The van der Waals surface area contributed by atoms with Gasteiger partial charge < -0.3 is 9.84 Å². The molecule has 2 atom stereocenters. The summed E-state index contributed by atoms with van der Waals surface area (Å²) in [5.74, 6) is -1.40. The van der Waals surface area contributed by atoms with Crippen molar-refractivity contribution in [2.24, 2.45) is 5.92 Å². The second-order valence-corrected chi connectivity index (χ2v) is 6.57. The van der Waals surface area contributed by atoms with E-state index in [0.717, 1.165) is 0 Å². The van der Waals surface area contributed by atoms with Crippen LogP contribution >= 0.6 is 0 Å². The molecule has 0 aliphatic carbocycles. The van der Waals surface area contributed by atoms with Gasteiger partial charge in [-0.15, -0.1) is 0 Å². The second kappa shape index (κ2) is 5.79. The van der Waals surface area contributed by atoms with Crippen LogP contribution in [0.1, 0.15) is 6.92 Å². The quantitative estimate of drug-likeness (QED) is 0.694. The molecule has 7 heteroatoms. The highest BCUT2D eigenvalue weighted by Gasteiger charge is 2.37. The van der Waals surface area contributed by atoms with Gasteiger partial charge in [0.05, 0.1) is 24.9 Å². The molecule has 2 unspecified atom stereocenters. The summed E-state index contributed by atoms with van der Waals surface area (Å²) in [5.41, 5.74) is 0. The number of carbonyl (C=O) groups is 1. The highest BCUT2D eigenvalue weighted by molar-refractivity contribution is 7.90. The van der Waals surface area contributed by atoms with Crippen LogP contribution in [0, 0.1) is 5.92 Å². The zero-order valence-corrected chi connectivity index (χ0v) is 10.9. The van der Waals surface area contributed by atoms with Crippen LogP contribution in [0.2, 0.25) is 0 Å². The maximum atomic E-state index is 11.1. The Labute approximate surface area is 101 Å². The molecule has 17 heavy (non-hydrogen) atoms. The van der Waals surface area contributed by atoms with E-state index in [1.54, 1.807) is 0 Å². The van der Waals surface area contributed by atoms with E-state index < -0.39 is 21.7 Å². The van der Waals surface area contributed by atoms with E-state index in [-0.39, 0.29) is 18.4 Å². The lowest BCUT2D eigenvalue weighted by Crippen LogP contribution is -2.44. The summed E-state index contributed by atoms with van der Waals surface area (Å²) >= 11 is 0. The number of nitrogens with zero attached hydrogens (tertiary/aromatic N) is 1. The van der Waals surface area contributed by atoms with Crippen molar-refractivity contribution in [2.75, 3.05) is 38.3 Å². The van der Waals surface area contributed by atoms with E-state index >= 15 is 0 Å². The summed E-state index contributed by atoms with van der Waals surface area (Å²) in [7, 11) is -3.03. The molecule has 0 aromatic rings. The number of carboxylic acids is 1. The van der Waals surface area contributed by atoms with E-state index in [9.17, 15) is 13.2 Å². The number of aliphatic carboxylic acids is 1. The highest BCUT2D eigenvalue weighted by Crippen LogP contribution is 2.19. The molecule has 6 nitrogen and oxygen atoms in total. The highest BCUT2D eigenvalue weighted by atomic mass is 32.2. The van der Waals surface area contributed by atoms with Crippen LogP contribution < -0.4 is 0 Å². The fourth-order valence-corrected chi connectivity index (χ4v) is 2.55. The molecule has 0 spiro atoms. The van der Waals surface area contributed by atoms with Gasteiger partial charge >= 0.3 is 5.97 Å². The van der Waals surface area contributed by atoms with E-state index in [2.05, 4.69) is 0 Å². The fraction of sp³-hybridized carbons (Fsp3) is 0.900. The van der Waals surface area contributed by atoms with Crippen LogP contribution in [0.15, 0.2) is 0 Å². The van der Waals surface area contributed by atoms with E-state index in [0.29, 0.717) is 19.7 Å². The van der Waals surface area contributed by atoms with Crippen molar-refractivity contribution in [1.82, 2.24) is 4.90 Å². The second-order valence-electron chi connectivity index (χ2n) is 4.31. The monoisotopic (exact) mass is 265 g/mol. The molecule has 1 aliphatic rings. The third kappa shape index (κ3) is 4.25. The molecule has 1 fully saturated rings. The number of hydrogen-bond acceptors (Lipinski definition) is 5. The van der Waals surface area contributed by atoms with E-state index in [4.69, 9.17) is 9.84 Å². The maximum Gasteiger partial charge on any atom is 0.310 e. The van der Waals surface area contributed by atoms with Gasteiger partial charge in [-0.2, -0.15) is 0 Å². The third-order valence-corrected chi connectivity index (χ3v) is 3.92. The van der Waals surface area contributed by atoms with E-state index in [1.165, 1.54) is 6.26 Å². The van der Waals surface area contributed by atoms with Crippen LogP contribution in [0.5, 0.6) is 0 Å².